The summed E-state index contributed by atoms with van der Waals surface area (Å²) in [5.74, 6) is -0.242. The number of rotatable bonds is 6. The highest BCUT2D eigenvalue weighted by Gasteiger charge is 2.45. The van der Waals surface area contributed by atoms with Crippen LogP contribution in [0.5, 0.6) is 0 Å². The van der Waals surface area contributed by atoms with Crippen molar-refractivity contribution in [2.24, 2.45) is 5.41 Å². The molecule has 1 aromatic carbocycles. The molecule has 1 aromatic rings. The highest BCUT2D eigenvalue weighted by atomic mass is 32.2. The summed E-state index contributed by atoms with van der Waals surface area (Å²) >= 11 is 0. The van der Waals surface area contributed by atoms with Gasteiger partial charge in [0, 0.05) is 6.61 Å². The molecule has 0 N–H and O–H groups in total. The number of hydrogen-bond acceptors (Lipinski definition) is 5. The number of benzene rings is 1. The first kappa shape index (κ1) is 19.9. The molecule has 5 nitrogen and oxygen atoms in total. The van der Waals surface area contributed by atoms with E-state index in [1.807, 2.05) is 51.1 Å². The van der Waals surface area contributed by atoms with Gasteiger partial charge >= 0.3 is 5.97 Å². The maximum atomic E-state index is 12.7. The topological polar surface area (TPSA) is 69.7 Å². The Morgan fingerprint density at radius 3 is 2.28 bits per heavy atom. The average Bonchev–Trinajstić information content (AvgIpc) is 2.52. The first-order valence-corrected chi connectivity index (χ1v) is 10.5. The van der Waals surface area contributed by atoms with Crippen LogP contribution in [0.1, 0.15) is 45.6 Å². The van der Waals surface area contributed by atoms with Crippen LogP contribution in [0.2, 0.25) is 0 Å². The van der Waals surface area contributed by atoms with E-state index in [2.05, 4.69) is 0 Å². The summed E-state index contributed by atoms with van der Waals surface area (Å²) in [6, 6.07) is 9.82. The Hall–Kier alpha value is -1.40. The fourth-order valence-electron chi connectivity index (χ4n) is 2.90. The van der Waals surface area contributed by atoms with Gasteiger partial charge in [0.15, 0.2) is 0 Å². The van der Waals surface area contributed by atoms with Crippen molar-refractivity contribution in [1.82, 2.24) is 0 Å². The lowest BCUT2D eigenvalue weighted by Crippen LogP contribution is -2.44. The van der Waals surface area contributed by atoms with Crippen LogP contribution in [0.3, 0.4) is 0 Å². The molecule has 1 heterocycles. The predicted molar refractivity (Wildman–Crippen MR) is 96.9 cm³/mol. The molecular weight excluding hydrogens is 340 g/mol. The van der Waals surface area contributed by atoms with Gasteiger partial charge in [-0.15, -0.1) is 0 Å². The lowest BCUT2D eigenvalue weighted by Gasteiger charge is -2.37. The summed E-state index contributed by atoms with van der Waals surface area (Å²) < 4.78 is 34.9. The van der Waals surface area contributed by atoms with Crippen LogP contribution in [0, 0.1) is 5.41 Å². The summed E-state index contributed by atoms with van der Waals surface area (Å²) in [5, 5.41) is 0. The van der Waals surface area contributed by atoms with E-state index >= 15 is 0 Å². The number of hydrogen-bond donors (Lipinski definition) is 0. The number of carbonyl (C=O) groups excluding carboxylic acids is 1. The van der Waals surface area contributed by atoms with Crippen LogP contribution >= 0.6 is 0 Å². The van der Waals surface area contributed by atoms with Crippen molar-refractivity contribution < 1.29 is 22.7 Å². The van der Waals surface area contributed by atoms with E-state index in [0.29, 0.717) is 32.5 Å². The molecule has 0 amide bonds. The Morgan fingerprint density at radius 1 is 1.12 bits per heavy atom. The normalized spacial score (nSPS) is 19.3. The lowest BCUT2D eigenvalue weighted by atomic mass is 9.79. The first-order chi connectivity index (χ1) is 11.6. The summed E-state index contributed by atoms with van der Waals surface area (Å²) in [6.45, 7) is 6.34. The van der Waals surface area contributed by atoms with Gasteiger partial charge in [0.05, 0.1) is 23.5 Å². The highest BCUT2D eigenvalue weighted by molar-refractivity contribution is 7.91. The molecule has 0 radical (unpaired) electrons. The van der Waals surface area contributed by atoms with Crippen LogP contribution in [-0.4, -0.2) is 38.1 Å². The van der Waals surface area contributed by atoms with E-state index in [9.17, 15) is 13.2 Å². The molecule has 0 unspecified atom stereocenters. The number of esters is 1. The van der Waals surface area contributed by atoms with Gasteiger partial charge in [0.2, 0.25) is 0 Å². The molecule has 0 bridgehead atoms. The molecule has 0 saturated carbocycles. The highest BCUT2D eigenvalue weighted by Crippen LogP contribution is 2.38. The minimum atomic E-state index is -3.05. The molecule has 0 aliphatic carbocycles. The van der Waals surface area contributed by atoms with Crippen molar-refractivity contribution in [3.05, 3.63) is 35.9 Å². The molecule has 0 aromatic heterocycles. The quantitative estimate of drug-likeness (QED) is 0.570. The molecular formula is C19H28O5S. The first-order valence-electron chi connectivity index (χ1n) is 8.68. The van der Waals surface area contributed by atoms with Crippen molar-refractivity contribution in [3.8, 4) is 0 Å². The van der Waals surface area contributed by atoms with Gasteiger partial charge in [-0.25, -0.2) is 8.42 Å². The molecule has 6 heteroatoms. The largest absolute Gasteiger partial charge is 0.460 e. The molecule has 1 saturated heterocycles. The Morgan fingerprint density at radius 2 is 1.72 bits per heavy atom. The fourth-order valence-corrected chi connectivity index (χ4v) is 4.51. The molecule has 25 heavy (non-hydrogen) atoms. The maximum Gasteiger partial charge on any atom is 0.312 e. The van der Waals surface area contributed by atoms with E-state index in [1.165, 1.54) is 0 Å². The summed E-state index contributed by atoms with van der Waals surface area (Å²) in [6.07, 6.45) is 1.09. The number of carbonyl (C=O) groups is 1. The SMILES string of the molecule is CC(C)(C)OC(=O)C1(CCOCc2ccccc2)CCS(=O)(=O)CC1. The van der Waals surface area contributed by atoms with Crippen LogP contribution in [0.15, 0.2) is 30.3 Å². The van der Waals surface area contributed by atoms with Crippen molar-refractivity contribution in [1.29, 1.82) is 0 Å². The van der Waals surface area contributed by atoms with Crippen LogP contribution in [0.25, 0.3) is 0 Å². The third kappa shape index (κ3) is 6.12. The van der Waals surface area contributed by atoms with E-state index in [1.54, 1.807) is 0 Å². The van der Waals surface area contributed by atoms with Crippen molar-refractivity contribution in [3.63, 3.8) is 0 Å². The minimum absolute atomic E-state index is 0.0327. The van der Waals surface area contributed by atoms with Gasteiger partial charge in [0.1, 0.15) is 15.4 Å². The zero-order valence-electron chi connectivity index (χ0n) is 15.3. The Kier molecular flexibility index (Phi) is 6.27. The van der Waals surface area contributed by atoms with E-state index < -0.39 is 20.9 Å². The van der Waals surface area contributed by atoms with Gasteiger partial charge < -0.3 is 9.47 Å². The van der Waals surface area contributed by atoms with Gasteiger partial charge in [-0.05, 0) is 45.6 Å². The molecule has 140 valence electrons. The molecule has 1 fully saturated rings. The summed E-state index contributed by atoms with van der Waals surface area (Å²) in [4.78, 5) is 12.7. The van der Waals surface area contributed by atoms with Gasteiger partial charge in [-0.1, -0.05) is 30.3 Å². The molecule has 0 atom stereocenters. The van der Waals surface area contributed by atoms with E-state index in [4.69, 9.17) is 9.47 Å². The van der Waals surface area contributed by atoms with Crippen molar-refractivity contribution in [2.45, 2.75) is 52.2 Å². The maximum absolute atomic E-state index is 12.7. The van der Waals surface area contributed by atoms with Crippen molar-refractivity contribution in [2.75, 3.05) is 18.1 Å². The molecule has 0 spiro atoms. The summed E-state index contributed by atoms with van der Waals surface area (Å²) in [7, 11) is -3.05. The standard InChI is InChI=1S/C19H28O5S/c1-18(2,3)24-17(20)19(10-13-25(21,22)14-11-19)9-12-23-15-16-7-5-4-6-8-16/h4-8H,9-15H2,1-3H3. The van der Waals surface area contributed by atoms with Gasteiger partial charge in [-0.3, -0.25) is 4.79 Å². The molecule has 2 rings (SSSR count). The summed E-state index contributed by atoms with van der Waals surface area (Å²) in [5.41, 5.74) is -0.291. The second-order valence-corrected chi connectivity index (χ2v) is 10.0. The number of ether oxygens (including phenoxy) is 2. The van der Waals surface area contributed by atoms with Gasteiger partial charge in [0.25, 0.3) is 0 Å². The lowest BCUT2D eigenvalue weighted by molar-refractivity contribution is -0.169. The third-order valence-corrected chi connectivity index (χ3v) is 6.10. The van der Waals surface area contributed by atoms with Crippen LogP contribution < -0.4 is 0 Å². The van der Waals surface area contributed by atoms with Gasteiger partial charge in [-0.2, -0.15) is 0 Å². The average molecular weight is 368 g/mol. The van der Waals surface area contributed by atoms with Crippen molar-refractivity contribution >= 4 is 15.8 Å². The predicted octanol–water partition coefficient (Wildman–Crippen LogP) is 3.13. The smallest absolute Gasteiger partial charge is 0.312 e. The minimum Gasteiger partial charge on any atom is -0.460 e. The number of sulfone groups is 1. The Bertz CT molecular complexity index is 660. The third-order valence-electron chi connectivity index (χ3n) is 4.45. The molecule has 1 aliphatic heterocycles. The Labute approximate surface area is 150 Å². The second-order valence-electron chi connectivity index (χ2n) is 7.72. The van der Waals surface area contributed by atoms with Crippen LogP contribution in [-0.2, 0) is 30.7 Å². The molecule has 1 aliphatic rings. The second kappa shape index (κ2) is 7.87. The zero-order chi connectivity index (χ0) is 18.6. The van der Waals surface area contributed by atoms with Crippen LogP contribution in [0.4, 0.5) is 0 Å². The Balaban J connectivity index is 1.98. The van der Waals surface area contributed by atoms with E-state index in [-0.39, 0.29) is 17.5 Å². The monoisotopic (exact) mass is 368 g/mol. The fraction of sp³-hybridized carbons (Fsp3) is 0.632. The van der Waals surface area contributed by atoms with E-state index in [0.717, 1.165) is 5.56 Å². The zero-order valence-corrected chi connectivity index (χ0v) is 16.1.